The third-order valence-corrected chi connectivity index (χ3v) is 4.52. The van der Waals surface area contributed by atoms with Crippen LogP contribution in [0.5, 0.6) is 0 Å². The number of rotatable bonds is 5. The number of allylic oxidation sites excluding steroid dienone is 1. The molecule has 2 unspecified atom stereocenters. The maximum atomic E-state index is 15.2. The molecule has 2 heterocycles. The monoisotopic (exact) mass is 375 g/mol. The molecule has 2 rings (SSSR count). The number of hydrogen-bond donors (Lipinski definition) is 0. The Bertz CT molecular complexity index is 563. The van der Waals surface area contributed by atoms with Gasteiger partial charge in [-0.1, -0.05) is 4.48 Å². The number of methoxy groups -OCH3 is 1. The number of ether oxygens (including phenoxy) is 1. The first kappa shape index (κ1) is 19.8. The molecule has 2 aliphatic heterocycles. The van der Waals surface area contributed by atoms with Crippen molar-refractivity contribution in [1.82, 2.24) is 15.1 Å². The molecule has 0 saturated carbocycles. The molecular weight excluding hydrogens is 356 g/mol. The van der Waals surface area contributed by atoms with E-state index in [1.54, 1.807) is 0 Å². The minimum Gasteiger partial charge on any atom is -0.469 e. The first-order valence-corrected chi connectivity index (χ1v) is 7.66. The van der Waals surface area contributed by atoms with Crippen LogP contribution >= 0.6 is 0 Å². The van der Waals surface area contributed by atoms with Gasteiger partial charge in [0.2, 0.25) is 5.67 Å². The van der Waals surface area contributed by atoms with Crippen LogP contribution in [0.25, 0.3) is 0 Å². The van der Waals surface area contributed by atoms with Crippen molar-refractivity contribution >= 4 is 5.97 Å². The Hall–Kier alpha value is -1.49. The maximum Gasteiger partial charge on any atom is 0.357 e. The summed E-state index contributed by atoms with van der Waals surface area (Å²) in [5.74, 6) is -12.3. The Labute approximate surface area is 140 Å². The second-order valence-electron chi connectivity index (χ2n) is 6.04. The van der Waals surface area contributed by atoms with Crippen molar-refractivity contribution in [2.24, 2.45) is 0 Å². The molecule has 5 nitrogen and oxygen atoms in total. The van der Waals surface area contributed by atoms with E-state index >= 15 is 4.39 Å². The summed E-state index contributed by atoms with van der Waals surface area (Å²) in [4.78, 5) is 11.0. The van der Waals surface area contributed by atoms with Crippen LogP contribution in [0, 0.1) is 0 Å². The largest absolute Gasteiger partial charge is 0.469 e. The van der Waals surface area contributed by atoms with Gasteiger partial charge in [0.15, 0.2) is 5.83 Å². The van der Waals surface area contributed by atoms with Crippen LogP contribution in [0.4, 0.5) is 26.4 Å². The molecular formula is C14H19F6N3O2. The van der Waals surface area contributed by atoms with E-state index in [4.69, 9.17) is 0 Å². The fourth-order valence-corrected chi connectivity index (χ4v) is 3.07. The summed E-state index contributed by atoms with van der Waals surface area (Å²) >= 11 is 0. The van der Waals surface area contributed by atoms with Crippen LogP contribution in [0.3, 0.4) is 0 Å². The van der Waals surface area contributed by atoms with Crippen molar-refractivity contribution < 1.29 is 36.0 Å². The predicted octanol–water partition coefficient (Wildman–Crippen LogP) is 2.86. The van der Waals surface area contributed by atoms with Gasteiger partial charge >= 0.3 is 17.8 Å². The molecule has 2 atom stereocenters. The summed E-state index contributed by atoms with van der Waals surface area (Å²) in [5, 5.41) is 0.194. The number of esters is 1. The van der Waals surface area contributed by atoms with Gasteiger partial charge in [0.05, 0.1) is 13.3 Å². The van der Waals surface area contributed by atoms with Gasteiger partial charge in [0, 0.05) is 26.6 Å². The average molecular weight is 375 g/mol. The van der Waals surface area contributed by atoms with E-state index in [1.807, 2.05) is 0 Å². The highest BCUT2D eigenvalue weighted by molar-refractivity contribution is 5.69. The molecule has 0 amide bonds. The molecule has 0 bridgehead atoms. The van der Waals surface area contributed by atoms with E-state index in [-0.39, 0.29) is 25.7 Å². The minimum absolute atomic E-state index is 0.156. The molecule has 144 valence electrons. The van der Waals surface area contributed by atoms with Gasteiger partial charge in [-0.05, 0) is 19.3 Å². The van der Waals surface area contributed by atoms with Crippen molar-refractivity contribution in [3.05, 3.63) is 12.0 Å². The number of nitrogens with zero attached hydrogens (tertiary/aromatic N) is 3. The lowest BCUT2D eigenvalue weighted by atomic mass is 9.85. The van der Waals surface area contributed by atoms with E-state index < -0.39 is 53.7 Å². The molecule has 2 aliphatic rings. The average Bonchev–Trinajstić information content (AvgIpc) is 2.98. The fraction of sp³-hybridized carbons (Fsp3) is 0.786. The summed E-state index contributed by atoms with van der Waals surface area (Å²) in [6.45, 7) is -0.139. The minimum atomic E-state index is -5.08. The SMILES string of the molecule is COC(=O)CCCC1(F)C(F)=CN(F)C(F)(N2CCCN2C)C1(F)F. The second kappa shape index (κ2) is 6.67. The van der Waals surface area contributed by atoms with Crippen LogP contribution < -0.4 is 0 Å². The van der Waals surface area contributed by atoms with Gasteiger partial charge in [0.25, 0.3) is 0 Å². The van der Waals surface area contributed by atoms with Crippen molar-refractivity contribution in [1.29, 1.82) is 0 Å². The number of carbonyl (C=O) groups is 1. The molecule has 0 aromatic heterocycles. The molecule has 0 N–H and O–H groups in total. The molecule has 0 aliphatic carbocycles. The zero-order valence-corrected chi connectivity index (χ0v) is 13.7. The maximum absolute atomic E-state index is 15.2. The molecule has 0 spiro atoms. The van der Waals surface area contributed by atoms with Crippen molar-refractivity contribution in [2.45, 2.75) is 43.2 Å². The van der Waals surface area contributed by atoms with E-state index in [2.05, 4.69) is 4.74 Å². The highest BCUT2D eigenvalue weighted by atomic mass is 19.3. The molecule has 11 heteroatoms. The first-order valence-electron chi connectivity index (χ1n) is 7.66. The lowest BCUT2D eigenvalue weighted by Gasteiger charge is -2.50. The van der Waals surface area contributed by atoms with Gasteiger partial charge in [-0.15, -0.1) is 0 Å². The molecule has 1 fully saturated rings. The number of hydrogen-bond acceptors (Lipinski definition) is 5. The Morgan fingerprint density at radius 1 is 1.28 bits per heavy atom. The Balaban J connectivity index is 2.37. The molecule has 25 heavy (non-hydrogen) atoms. The van der Waals surface area contributed by atoms with Gasteiger partial charge < -0.3 is 4.74 Å². The summed E-state index contributed by atoms with van der Waals surface area (Å²) in [5.41, 5.74) is -4.10. The van der Waals surface area contributed by atoms with Crippen molar-refractivity contribution in [3.8, 4) is 0 Å². The summed E-state index contributed by atoms with van der Waals surface area (Å²) in [6.07, 6.45) is -2.21. The lowest BCUT2D eigenvalue weighted by Crippen LogP contribution is -2.74. The fourth-order valence-electron chi connectivity index (χ4n) is 3.07. The highest BCUT2D eigenvalue weighted by Gasteiger charge is 2.78. The van der Waals surface area contributed by atoms with Crippen LogP contribution in [0.15, 0.2) is 12.0 Å². The van der Waals surface area contributed by atoms with Crippen molar-refractivity contribution in [3.63, 3.8) is 0 Å². The van der Waals surface area contributed by atoms with Crippen LogP contribution in [-0.4, -0.2) is 65.9 Å². The van der Waals surface area contributed by atoms with Crippen LogP contribution in [-0.2, 0) is 9.53 Å². The Morgan fingerprint density at radius 3 is 2.44 bits per heavy atom. The normalized spacial score (nSPS) is 33.4. The number of hydrazine groups is 1. The zero-order chi connectivity index (χ0) is 19.0. The van der Waals surface area contributed by atoms with Gasteiger partial charge in [-0.2, -0.15) is 23.3 Å². The topological polar surface area (TPSA) is 36.0 Å². The number of alkyl halides is 4. The third kappa shape index (κ3) is 2.86. The zero-order valence-electron chi connectivity index (χ0n) is 13.7. The van der Waals surface area contributed by atoms with Crippen LogP contribution in [0.1, 0.15) is 25.7 Å². The molecule has 1 saturated heterocycles. The predicted molar refractivity (Wildman–Crippen MR) is 74.6 cm³/mol. The summed E-state index contributed by atoms with van der Waals surface area (Å²) < 4.78 is 91.8. The Kier molecular flexibility index (Phi) is 5.29. The smallest absolute Gasteiger partial charge is 0.357 e. The third-order valence-electron chi connectivity index (χ3n) is 4.52. The van der Waals surface area contributed by atoms with Gasteiger partial charge in [-0.3, -0.25) is 4.79 Å². The van der Waals surface area contributed by atoms with Gasteiger partial charge in [-0.25, -0.2) is 13.8 Å². The van der Waals surface area contributed by atoms with Gasteiger partial charge in [0.1, 0.15) is 0 Å². The lowest BCUT2D eigenvalue weighted by molar-refractivity contribution is -0.384. The molecule has 0 aromatic carbocycles. The van der Waals surface area contributed by atoms with E-state index in [0.717, 1.165) is 12.1 Å². The van der Waals surface area contributed by atoms with E-state index in [0.29, 0.717) is 5.01 Å². The number of halogens is 6. The Morgan fingerprint density at radius 2 is 1.92 bits per heavy atom. The molecule has 0 radical (unpaired) electrons. The molecule has 0 aromatic rings. The summed E-state index contributed by atoms with van der Waals surface area (Å²) in [7, 11) is 2.28. The second-order valence-corrected chi connectivity index (χ2v) is 6.04. The number of carbonyl (C=O) groups excluding carboxylic acids is 1. The first-order chi connectivity index (χ1) is 11.5. The van der Waals surface area contributed by atoms with E-state index in [1.165, 1.54) is 7.05 Å². The summed E-state index contributed by atoms with van der Waals surface area (Å²) in [6, 6.07) is 0. The van der Waals surface area contributed by atoms with Crippen molar-refractivity contribution in [2.75, 3.05) is 27.2 Å². The quantitative estimate of drug-likeness (QED) is 0.320. The standard InChI is InChI=1S/C14H19F6N3O2/c1-21-7-4-8-23(21)14(19)13(17,18)12(16,10(15)9-22(14)20)6-3-5-11(24)25-2/h9H,3-8H2,1-2H3. The van der Waals surface area contributed by atoms with E-state index in [9.17, 15) is 26.8 Å². The van der Waals surface area contributed by atoms with Crippen LogP contribution in [0.2, 0.25) is 0 Å². The highest BCUT2D eigenvalue weighted by Crippen LogP contribution is 2.56.